The van der Waals surface area contributed by atoms with Crippen molar-refractivity contribution in [2.45, 2.75) is 26.7 Å². The first kappa shape index (κ1) is 15.2. The SMILES string of the molecule is CCc1cnc(C(C)=O)cc1Cc1ccc(-n2cccn2)cc1. The molecule has 0 fully saturated rings. The fourth-order valence-corrected chi connectivity index (χ4v) is 2.61. The third-order valence-corrected chi connectivity index (χ3v) is 3.92. The van der Waals surface area contributed by atoms with Gasteiger partial charge in [0.15, 0.2) is 5.78 Å². The van der Waals surface area contributed by atoms with Crippen molar-refractivity contribution in [3.63, 3.8) is 0 Å². The highest BCUT2D eigenvalue weighted by Crippen LogP contribution is 2.17. The maximum absolute atomic E-state index is 11.6. The van der Waals surface area contributed by atoms with Crippen LogP contribution in [0.2, 0.25) is 0 Å². The summed E-state index contributed by atoms with van der Waals surface area (Å²) in [6, 6.07) is 12.1. The molecule has 0 atom stereocenters. The molecule has 0 N–H and O–H groups in total. The standard InChI is InChI=1S/C19H19N3O/c1-3-16-13-20-19(14(2)23)12-17(16)11-15-5-7-18(8-6-15)22-10-4-9-21-22/h4-10,12-13H,3,11H2,1-2H3. The van der Waals surface area contributed by atoms with Crippen LogP contribution in [0, 0.1) is 0 Å². The molecule has 0 aliphatic carbocycles. The van der Waals surface area contributed by atoms with Crippen molar-refractivity contribution in [3.05, 3.63) is 77.4 Å². The lowest BCUT2D eigenvalue weighted by molar-refractivity contribution is 0.101. The molecule has 3 rings (SSSR count). The van der Waals surface area contributed by atoms with Crippen LogP contribution in [0.1, 0.15) is 41.0 Å². The van der Waals surface area contributed by atoms with Crippen molar-refractivity contribution in [2.24, 2.45) is 0 Å². The van der Waals surface area contributed by atoms with E-state index in [4.69, 9.17) is 0 Å². The zero-order valence-corrected chi connectivity index (χ0v) is 13.4. The minimum absolute atomic E-state index is 0.00272. The third kappa shape index (κ3) is 3.37. The molecule has 4 heteroatoms. The van der Waals surface area contributed by atoms with E-state index in [2.05, 4.69) is 41.3 Å². The van der Waals surface area contributed by atoms with Gasteiger partial charge in [0.25, 0.3) is 0 Å². The molecular formula is C19H19N3O. The number of carbonyl (C=O) groups excluding carboxylic acids is 1. The normalized spacial score (nSPS) is 10.7. The second kappa shape index (κ2) is 6.57. The largest absolute Gasteiger partial charge is 0.293 e. The minimum atomic E-state index is 0.00272. The fraction of sp³-hybridized carbons (Fsp3) is 0.211. The number of ketones is 1. The molecule has 1 aromatic carbocycles. The number of carbonyl (C=O) groups is 1. The highest BCUT2D eigenvalue weighted by molar-refractivity contribution is 5.92. The minimum Gasteiger partial charge on any atom is -0.293 e. The summed E-state index contributed by atoms with van der Waals surface area (Å²) >= 11 is 0. The first-order chi connectivity index (χ1) is 11.2. The number of aryl methyl sites for hydroxylation is 1. The molecule has 0 spiro atoms. The van der Waals surface area contributed by atoms with Gasteiger partial charge in [-0.3, -0.25) is 9.78 Å². The molecule has 0 unspecified atom stereocenters. The maximum atomic E-state index is 11.6. The average molecular weight is 305 g/mol. The lowest BCUT2D eigenvalue weighted by Crippen LogP contribution is -2.03. The molecule has 0 radical (unpaired) electrons. The number of aromatic nitrogens is 3. The van der Waals surface area contributed by atoms with Gasteiger partial charge in [0.1, 0.15) is 5.69 Å². The Kier molecular flexibility index (Phi) is 4.33. The van der Waals surface area contributed by atoms with Crippen molar-refractivity contribution < 1.29 is 4.79 Å². The van der Waals surface area contributed by atoms with Crippen molar-refractivity contribution in [1.29, 1.82) is 0 Å². The van der Waals surface area contributed by atoms with E-state index in [-0.39, 0.29) is 5.78 Å². The molecule has 0 aliphatic heterocycles. The van der Waals surface area contributed by atoms with Gasteiger partial charge < -0.3 is 0 Å². The lowest BCUT2D eigenvalue weighted by Gasteiger charge is -2.10. The predicted octanol–water partition coefficient (Wildman–Crippen LogP) is 3.62. The van der Waals surface area contributed by atoms with Gasteiger partial charge in [-0.2, -0.15) is 5.10 Å². The Hall–Kier alpha value is -2.75. The van der Waals surface area contributed by atoms with Crippen LogP contribution < -0.4 is 0 Å². The molecule has 0 bridgehead atoms. The molecule has 0 saturated carbocycles. The quantitative estimate of drug-likeness (QED) is 0.676. The molecule has 116 valence electrons. The number of Topliss-reactive ketones (excluding diaryl/α,β-unsaturated/α-hetero) is 1. The molecule has 2 heterocycles. The van der Waals surface area contributed by atoms with Crippen molar-refractivity contribution >= 4 is 5.78 Å². The first-order valence-corrected chi connectivity index (χ1v) is 7.75. The van der Waals surface area contributed by atoms with Gasteiger partial charge in [0.2, 0.25) is 0 Å². The highest BCUT2D eigenvalue weighted by atomic mass is 16.1. The molecule has 0 amide bonds. The second-order valence-corrected chi connectivity index (χ2v) is 5.54. The number of nitrogens with zero attached hydrogens (tertiary/aromatic N) is 3. The van der Waals surface area contributed by atoms with Gasteiger partial charge in [-0.05, 0) is 53.8 Å². The summed E-state index contributed by atoms with van der Waals surface area (Å²) in [7, 11) is 0. The van der Waals surface area contributed by atoms with Crippen molar-refractivity contribution in [2.75, 3.05) is 0 Å². The summed E-state index contributed by atoms with van der Waals surface area (Å²) < 4.78 is 1.83. The summed E-state index contributed by atoms with van der Waals surface area (Å²) in [6.45, 7) is 3.66. The van der Waals surface area contributed by atoms with Gasteiger partial charge in [0.05, 0.1) is 5.69 Å². The Labute approximate surface area is 135 Å². The van der Waals surface area contributed by atoms with Gasteiger partial charge in [0, 0.05) is 25.5 Å². The first-order valence-electron chi connectivity index (χ1n) is 7.75. The number of hydrogen-bond donors (Lipinski definition) is 0. The number of pyridine rings is 1. The van der Waals surface area contributed by atoms with Crippen LogP contribution in [0.4, 0.5) is 0 Å². The number of hydrogen-bond acceptors (Lipinski definition) is 3. The van der Waals surface area contributed by atoms with Gasteiger partial charge in [-0.15, -0.1) is 0 Å². The topological polar surface area (TPSA) is 47.8 Å². The van der Waals surface area contributed by atoms with E-state index in [1.54, 1.807) is 13.1 Å². The maximum Gasteiger partial charge on any atom is 0.178 e. The van der Waals surface area contributed by atoms with E-state index in [9.17, 15) is 4.79 Å². The van der Waals surface area contributed by atoms with Crippen LogP contribution in [0.3, 0.4) is 0 Å². The van der Waals surface area contributed by atoms with E-state index in [1.807, 2.05) is 29.2 Å². The highest BCUT2D eigenvalue weighted by Gasteiger charge is 2.08. The van der Waals surface area contributed by atoms with Crippen LogP contribution in [0.5, 0.6) is 0 Å². The number of rotatable bonds is 5. The molecular weight excluding hydrogens is 286 g/mol. The Morgan fingerprint density at radius 2 is 1.96 bits per heavy atom. The monoisotopic (exact) mass is 305 g/mol. The lowest BCUT2D eigenvalue weighted by atomic mass is 9.98. The molecule has 0 aliphatic rings. The molecule has 3 aromatic rings. The van der Waals surface area contributed by atoms with Crippen molar-refractivity contribution in [1.82, 2.24) is 14.8 Å². The molecule has 23 heavy (non-hydrogen) atoms. The van der Waals surface area contributed by atoms with Crippen LogP contribution in [0.25, 0.3) is 5.69 Å². The van der Waals surface area contributed by atoms with E-state index in [0.717, 1.165) is 18.5 Å². The zero-order valence-electron chi connectivity index (χ0n) is 13.4. The van der Waals surface area contributed by atoms with E-state index in [0.29, 0.717) is 5.69 Å². The van der Waals surface area contributed by atoms with Gasteiger partial charge in [-0.1, -0.05) is 19.1 Å². The van der Waals surface area contributed by atoms with Crippen LogP contribution >= 0.6 is 0 Å². The van der Waals surface area contributed by atoms with Crippen molar-refractivity contribution in [3.8, 4) is 5.69 Å². The Bertz CT molecular complexity index is 805. The Morgan fingerprint density at radius 1 is 1.17 bits per heavy atom. The molecule has 2 aromatic heterocycles. The zero-order chi connectivity index (χ0) is 16.2. The van der Waals surface area contributed by atoms with Gasteiger partial charge in [-0.25, -0.2) is 4.68 Å². The van der Waals surface area contributed by atoms with Gasteiger partial charge >= 0.3 is 0 Å². The van der Waals surface area contributed by atoms with Crippen LogP contribution in [-0.2, 0) is 12.8 Å². The second-order valence-electron chi connectivity index (χ2n) is 5.54. The van der Waals surface area contributed by atoms with Crippen LogP contribution in [-0.4, -0.2) is 20.5 Å². The fourth-order valence-electron chi connectivity index (χ4n) is 2.61. The Morgan fingerprint density at radius 3 is 2.57 bits per heavy atom. The third-order valence-electron chi connectivity index (χ3n) is 3.92. The predicted molar refractivity (Wildman–Crippen MR) is 90.0 cm³/mol. The number of benzene rings is 1. The summed E-state index contributed by atoms with van der Waals surface area (Å²) in [6.07, 6.45) is 7.22. The summed E-state index contributed by atoms with van der Waals surface area (Å²) in [5, 5.41) is 4.23. The molecule has 0 saturated heterocycles. The van der Waals surface area contributed by atoms with Crippen LogP contribution in [0.15, 0.2) is 55.0 Å². The summed E-state index contributed by atoms with van der Waals surface area (Å²) in [4.78, 5) is 15.8. The molecule has 4 nitrogen and oxygen atoms in total. The smallest absolute Gasteiger partial charge is 0.178 e. The van der Waals surface area contributed by atoms with E-state index in [1.165, 1.54) is 16.7 Å². The Balaban J connectivity index is 1.86. The summed E-state index contributed by atoms with van der Waals surface area (Å²) in [5.74, 6) is 0.00272. The summed E-state index contributed by atoms with van der Waals surface area (Å²) in [5.41, 5.74) is 5.13. The average Bonchev–Trinajstić information content (AvgIpc) is 3.10. The van der Waals surface area contributed by atoms with E-state index < -0.39 is 0 Å². The van der Waals surface area contributed by atoms with E-state index >= 15 is 0 Å².